The first-order valence-corrected chi connectivity index (χ1v) is 7.30. The highest BCUT2D eigenvalue weighted by atomic mass is 16.1. The molecule has 0 aliphatic heterocycles. The van der Waals surface area contributed by atoms with E-state index >= 15 is 0 Å². The maximum Gasteiger partial charge on any atom is 0.227 e. The molecule has 0 bridgehead atoms. The average Bonchev–Trinajstić information content (AvgIpc) is 2.47. The molecule has 4 N–H and O–H groups in total. The van der Waals surface area contributed by atoms with Gasteiger partial charge in [-0.05, 0) is 44.6 Å². The van der Waals surface area contributed by atoms with Crippen LogP contribution in [0.2, 0.25) is 0 Å². The number of nitrogens with two attached hydrogens (primary N) is 1. The van der Waals surface area contributed by atoms with Crippen LogP contribution in [-0.4, -0.2) is 24.0 Å². The molecule has 1 heterocycles. The minimum atomic E-state index is 0.108. The van der Waals surface area contributed by atoms with Gasteiger partial charge in [0.15, 0.2) is 0 Å². The smallest absolute Gasteiger partial charge is 0.227 e. The van der Waals surface area contributed by atoms with Crippen LogP contribution in [0, 0.1) is 11.8 Å². The van der Waals surface area contributed by atoms with Gasteiger partial charge in [-0.15, -0.1) is 0 Å². The SMILES string of the molecule is CNc1cc(NC(=O)C2CCC(C(C)N)CC2)ccn1. The first kappa shape index (κ1) is 14.8. The molecular weight excluding hydrogens is 252 g/mol. The number of carbonyl (C=O) groups excluding carboxylic acids is 1. The molecule has 1 aliphatic carbocycles. The number of nitrogens with one attached hydrogen (secondary N) is 2. The number of anilines is 2. The summed E-state index contributed by atoms with van der Waals surface area (Å²) in [6, 6.07) is 3.88. The molecule has 1 saturated carbocycles. The van der Waals surface area contributed by atoms with Gasteiger partial charge in [0.05, 0.1) is 0 Å². The van der Waals surface area contributed by atoms with E-state index in [1.165, 1.54) is 0 Å². The second kappa shape index (κ2) is 6.70. The fourth-order valence-corrected chi connectivity index (χ4v) is 2.80. The van der Waals surface area contributed by atoms with Crippen LogP contribution in [0.1, 0.15) is 32.6 Å². The van der Waals surface area contributed by atoms with E-state index in [9.17, 15) is 4.79 Å². The Kier molecular flexibility index (Phi) is 4.95. The molecule has 0 spiro atoms. The van der Waals surface area contributed by atoms with Gasteiger partial charge in [-0.3, -0.25) is 4.79 Å². The number of aromatic nitrogens is 1. The number of amides is 1. The van der Waals surface area contributed by atoms with E-state index in [2.05, 4.69) is 22.5 Å². The van der Waals surface area contributed by atoms with Crippen LogP contribution < -0.4 is 16.4 Å². The largest absolute Gasteiger partial charge is 0.373 e. The lowest BCUT2D eigenvalue weighted by Gasteiger charge is -2.29. The summed E-state index contributed by atoms with van der Waals surface area (Å²) in [5.74, 6) is 1.54. The van der Waals surface area contributed by atoms with Gasteiger partial charge in [0.1, 0.15) is 5.82 Å². The molecule has 5 nitrogen and oxygen atoms in total. The Labute approximate surface area is 120 Å². The Bertz CT molecular complexity index is 453. The Morgan fingerprint density at radius 3 is 2.70 bits per heavy atom. The van der Waals surface area contributed by atoms with Gasteiger partial charge in [-0.1, -0.05) is 0 Å². The average molecular weight is 276 g/mol. The summed E-state index contributed by atoms with van der Waals surface area (Å²) in [4.78, 5) is 16.4. The van der Waals surface area contributed by atoms with Crippen LogP contribution in [0.25, 0.3) is 0 Å². The molecular formula is C15H24N4O. The van der Waals surface area contributed by atoms with Gasteiger partial charge in [-0.25, -0.2) is 4.98 Å². The third-order valence-corrected chi connectivity index (χ3v) is 4.17. The number of carbonyl (C=O) groups is 1. The summed E-state index contributed by atoms with van der Waals surface area (Å²) in [5.41, 5.74) is 6.72. The van der Waals surface area contributed by atoms with Gasteiger partial charge in [-0.2, -0.15) is 0 Å². The summed E-state index contributed by atoms with van der Waals surface area (Å²) in [7, 11) is 1.81. The maximum absolute atomic E-state index is 12.3. The zero-order valence-corrected chi connectivity index (χ0v) is 12.2. The summed E-state index contributed by atoms with van der Waals surface area (Å²) in [6.45, 7) is 2.06. The normalized spacial score (nSPS) is 23.9. The number of rotatable bonds is 4. The summed E-state index contributed by atoms with van der Waals surface area (Å²) in [6.07, 6.45) is 5.65. The molecule has 0 aromatic carbocycles. The predicted octanol–water partition coefficient (Wildman–Crippen LogP) is 2.22. The van der Waals surface area contributed by atoms with Gasteiger partial charge < -0.3 is 16.4 Å². The lowest BCUT2D eigenvalue weighted by atomic mass is 9.79. The third kappa shape index (κ3) is 3.70. The molecule has 0 radical (unpaired) electrons. The van der Waals surface area contributed by atoms with Crippen molar-refractivity contribution in [2.24, 2.45) is 17.6 Å². The minimum absolute atomic E-state index is 0.108. The topological polar surface area (TPSA) is 80.0 Å². The third-order valence-electron chi connectivity index (χ3n) is 4.17. The highest BCUT2D eigenvalue weighted by Crippen LogP contribution is 2.31. The van der Waals surface area contributed by atoms with Gasteiger partial charge in [0, 0.05) is 37.0 Å². The number of hydrogen-bond acceptors (Lipinski definition) is 4. The molecule has 1 aliphatic rings. The molecule has 110 valence electrons. The van der Waals surface area contributed by atoms with Crippen molar-refractivity contribution in [1.29, 1.82) is 0 Å². The van der Waals surface area contributed by atoms with Crippen molar-refractivity contribution in [3.63, 3.8) is 0 Å². The number of pyridine rings is 1. The van der Waals surface area contributed by atoms with Crippen molar-refractivity contribution in [3.8, 4) is 0 Å². The van der Waals surface area contributed by atoms with Crippen LogP contribution in [0.4, 0.5) is 11.5 Å². The molecule has 0 saturated heterocycles. The molecule has 1 aromatic heterocycles. The zero-order chi connectivity index (χ0) is 14.5. The van der Waals surface area contributed by atoms with E-state index in [1.807, 2.05) is 19.2 Å². The fraction of sp³-hybridized carbons (Fsp3) is 0.600. The summed E-state index contributed by atoms with van der Waals surface area (Å²) >= 11 is 0. The van der Waals surface area contributed by atoms with Gasteiger partial charge in [0.2, 0.25) is 5.91 Å². The minimum Gasteiger partial charge on any atom is -0.373 e. The number of nitrogens with zero attached hydrogens (tertiary/aromatic N) is 1. The van der Waals surface area contributed by atoms with Crippen LogP contribution in [-0.2, 0) is 4.79 Å². The summed E-state index contributed by atoms with van der Waals surface area (Å²) < 4.78 is 0. The van der Waals surface area contributed by atoms with Crippen molar-refractivity contribution in [2.45, 2.75) is 38.6 Å². The van der Waals surface area contributed by atoms with Crippen LogP contribution in [0.15, 0.2) is 18.3 Å². The van der Waals surface area contributed by atoms with E-state index < -0.39 is 0 Å². The quantitative estimate of drug-likeness (QED) is 0.787. The van der Waals surface area contributed by atoms with E-state index in [0.29, 0.717) is 5.92 Å². The van der Waals surface area contributed by atoms with Crippen molar-refractivity contribution < 1.29 is 4.79 Å². The second-order valence-corrected chi connectivity index (χ2v) is 5.64. The van der Waals surface area contributed by atoms with E-state index in [1.54, 1.807) is 6.20 Å². The van der Waals surface area contributed by atoms with Crippen LogP contribution >= 0.6 is 0 Å². The zero-order valence-electron chi connectivity index (χ0n) is 12.2. The monoisotopic (exact) mass is 276 g/mol. The van der Waals surface area contributed by atoms with Crippen LogP contribution in [0.5, 0.6) is 0 Å². The van der Waals surface area contributed by atoms with E-state index in [0.717, 1.165) is 37.2 Å². The maximum atomic E-state index is 12.3. The van der Waals surface area contributed by atoms with Crippen molar-refractivity contribution in [1.82, 2.24) is 4.98 Å². The Morgan fingerprint density at radius 1 is 1.40 bits per heavy atom. The van der Waals surface area contributed by atoms with E-state index in [4.69, 9.17) is 5.73 Å². The highest BCUT2D eigenvalue weighted by Gasteiger charge is 2.27. The molecule has 5 heteroatoms. The molecule has 1 amide bonds. The highest BCUT2D eigenvalue weighted by molar-refractivity contribution is 5.92. The van der Waals surface area contributed by atoms with Gasteiger partial charge in [0.25, 0.3) is 0 Å². The summed E-state index contributed by atoms with van der Waals surface area (Å²) in [5, 5.41) is 5.94. The fourth-order valence-electron chi connectivity index (χ4n) is 2.80. The van der Waals surface area contributed by atoms with Gasteiger partial charge >= 0.3 is 0 Å². The molecule has 1 atom stereocenters. The Morgan fingerprint density at radius 2 is 2.10 bits per heavy atom. The van der Waals surface area contributed by atoms with Crippen molar-refractivity contribution >= 4 is 17.4 Å². The standard InChI is InChI=1S/C15H24N4O/c1-10(16)11-3-5-12(6-4-11)15(20)19-13-7-8-18-14(9-13)17-2/h7-12H,3-6,16H2,1-2H3,(H2,17,18,19,20). The number of hydrogen-bond donors (Lipinski definition) is 3. The van der Waals surface area contributed by atoms with Crippen LogP contribution in [0.3, 0.4) is 0 Å². The van der Waals surface area contributed by atoms with Crippen molar-refractivity contribution in [2.75, 3.05) is 17.7 Å². The van der Waals surface area contributed by atoms with Crippen molar-refractivity contribution in [3.05, 3.63) is 18.3 Å². The van der Waals surface area contributed by atoms with E-state index in [-0.39, 0.29) is 17.9 Å². The molecule has 1 aromatic rings. The lowest BCUT2D eigenvalue weighted by molar-refractivity contribution is -0.121. The Balaban J connectivity index is 1.89. The predicted molar refractivity (Wildman–Crippen MR) is 81.5 cm³/mol. The first-order valence-electron chi connectivity index (χ1n) is 7.30. The molecule has 1 fully saturated rings. The second-order valence-electron chi connectivity index (χ2n) is 5.64. The molecule has 20 heavy (non-hydrogen) atoms. The Hall–Kier alpha value is -1.62. The molecule has 2 rings (SSSR count). The lowest BCUT2D eigenvalue weighted by Crippen LogP contribution is -2.33. The first-order chi connectivity index (χ1) is 9.60. The molecule has 1 unspecified atom stereocenters.